The summed E-state index contributed by atoms with van der Waals surface area (Å²) in [6.45, 7) is 19.4. The fourth-order valence-electron chi connectivity index (χ4n) is 3.18. The highest BCUT2D eigenvalue weighted by atomic mass is 16.6. The Morgan fingerprint density at radius 3 is 1.90 bits per heavy atom. The van der Waals surface area contributed by atoms with Crippen molar-refractivity contribution in [1.29, 1.82) is 5.26 Å². The lowest BCUT2D eigenvalue weighted by Gasteiger charge is -2.11. The summed E-state index contributed by atoms with van der Waals surface area (Å²) < 4.78 is 5.09. The number of carbonyl (C=O) groups is 2. The number of hydrogen-bond donors (Lipinski definition) is 2. The quantitative estimate of drug-likeness (QED) is 0.109. The minimum absolute atomic E-state index is 0.0305. The summed E-state index contributed by atoms with van der Waals surface area (Å²) in [5.74, 6) is -0.0305. The van der Waals surface area contributed by atoms with Crippen LogP contribution < -0.4 is 5.32 Å². The summed E-state index contributed by atoms with van der Waals surface area (Å²) in [5.41, 5.74) is 5.97. The zero-order valence-electron chi connectivity index (χ0n) is 27.3. The van der Waals surface area contributed by atoms with Gasteiger partial charge in [-0.25, -0.2) is 0 Å². The molecule has 0 aliphatic rings. The Bertz CT molecular complexity index is 905. The van der Waals surface area contributed by atoms with Crippen molar-refractivity contribution in [2.24, 2.45) is 0 Å². The zero-order chi connectivity index (χ0) is 31.9. The molecule has 6 heteroatoms. The minimum atomic E-state index is -0.526. The van der Waals surface area contributed by atoms with Crippen molar-refractivity contribution in [1.82, 2.24) is 5.32 Å². The Hall–Kier alpha value is -3.01. The molecule has 0 radical (unpaired) electrons. The molecule has 41 heavy (non-hydrogen) atoms. The van der Waals surface area contributed by atoms with Crippen LogP contribution in [0.3, 0.4) is 0 Å². The van der Waals surface area contributed by atoms with Gasteiger partial charge in [-0.1, -0.05) is 122 Å². The number of aldehydes is 1. The monoisotopic (exact) mass is 570 g/mol. The van der Waals surface area contributed by atoms with Gasteiger partial charge in [0.1, 0.15) is 12.8 Å². The van der Waals surface area contributed by atoms with Crippen LogP contribution in [0.1, 0.15) is 116 Å². The summed E-state index contributed by atoms with van der Waals surface area (Å²) in [5, 5.41) is 19.1. The van der Waals surface area contributed by atoms with Crippen LogP contribution in [0.15, 0.2) is 42.5 Å². The third-order valence-electron chi connectivity index (χ3n) is 5.68. The molecule has 2 aromatic carbocycles. The lowest BCUT2D eigenvalue weighted by atomic mass is 9.93. The van der Waals surface area contributed by atoms with Crippen molar-refractivity contribution in [3.05, 3.63) is 59.2 Å². The second-order valence-electron chi connectivity index (χ2n) is 9.34. The van der Waals surface area contributed by atoms with Gasteiger partial charge in [0.25, 0.3) is 0 Å². The molecule has 0 saturated carbocycles. The number of ether oxygens (including phenoxy) is 1. The molecule has 6 nitrogen and oxygen atoms in total. The standard InChI is InChI=1S/C17H18O.C9H20O2.C4H10.C3H4N2O.C2H6/c1-12-4-6-15(7-5-12)16-8-9-17(13(2)10-16)14(3)11-18;1-3-5-6-7-9(10)11-8-4-2;1-3-4-2;4-1-2-5-3-6;1-2/h4-11,14H,1-3H3;9-10H,3-8H2,1-2H3;3-4H2,1-2H3;3H,2H2,(H,5,6);1-2H3. The second kappa shape index (κ2) is 31.5. The van der Waals surface area contributed by atoms with Crippen molar-refractivity contribution in [3.8, 4) is 17.2 Å². The Morgan fingerprint density at radius 1 is 0.902 bits per heavy atom. The Labute approximate surface area is 251 Å². The van der Waals surface area contributed by atoms with E-state index >= 15 is 0 Å². The minimum Gasteiger partial charge on any atom is -0.368 e. The Balaban J connectivity index is -0.000000535. The number of aryl methyl sites for hydroxylation is 2. The molecule has 0 saturated heterocycles. The van der Waals surface area contributed by atoms with E-state index in [2.05, 4.69) is 82.4 Å². The van der Waals surface area contributed by atoms with E-state index in [1.807, 2.05) is 27.7 Å². The van der Waals surface area contributed by atoms with Gasteiger partial charge in [-0.2, -0.15) is 5.26 Å². The highest BCUT2D eigenvalue weighted by molar-refractivity contribution is 5.68. The highest BCUT2D eigenvalue weighted by Gasteiger charge is 2.08. The molecule has 0 heterocycles. The molecule has 0 spiro atoms. The maximum Gasteiger partial charge on any atom is 0.207 e. The fourth-order valence-corrected chi connectivity index (χ4v) is 3.18. The van der Waals surface area contributed by atoms with E-state index in [0.717, 1.165) is 31.1 Å². The van der Waals surface area contributed by atoms with Crippen LogP contribution in [0.5, 0.6) is 0 Å². The second-order valence-corrected chi connectivity index (χ2v) is 9.34. The number of aliphatic hydroxyl groups is 1. The average molecular weight is 571 g/mol. The zero-order valence-corrected chi connectivity index (χ0v) is 27.3. The van der Waals surface area contributed by atoms with Crippen LogP contribution in [-0.2, 0) is 14.3 Å². The van der Waals surface area contributed by atoms with E-state index in [1.165, 1.54) is 47.9 Å². The topological polar surface area (TPSA) is 99.4 Å². The first-order valence-corrected chi connectivity index (χ1v) is 15.2. The van der Waals surface area contributed by atoms with Gasteiger partial charge in [-0.3, -0.25) is 4.79 Å². The van der Waals surface area contributed by atoms with Crippen LogP contribution in [0, 0.1) is 25.2 Å². The number of carbonyl (C=O) groups excluding carboxylic acids is 2. The van der Waals surface area contributed by atoms with Gasteiger partial charge >= 0.3 is 0 Å². The Kier molecular flexibility index (Phi) is 32.6. The van der Waals surface area contributed by atoms with Gasteiger partial charge in [-0.15, -0.1) is 0 Å². The lowest BCUT2D eigenvalue weighted by Crippen LogP contribution is -2.11. The van der Waals surface area contributed by atoms with Gasteiger partial charge in [0.15, 0.2) is 6.29 Å². The molecule has 2 atom stereocenters. The molecular formula is C35H58N2O4. The predicted octanol–water partition coefficient (Wildman–Crippen LogP) is 8.67. The summed E-state index contributed by atoms with van der Waals surface area (Å²) in [7, 11) is 0. The number of nitrogens with zero attached hydrogens (tertiary/aromatic N) is 1. The van der Waals surface area contributed by atoms with Gasteiger partial charge < -0.3 is 20.0 Å². The summed E-state index contributed by atoms with van der Waals surface area (Å²) in [4.78, 5) is 20.2. The van der Waals surface area contributed by atoms with E-state index < -0.39 is 6.29 Å². The largest absolute Gasteiger partial charge is 0.368 e. The molecular weight excluding hydrogens is 512 g/mol. The molecule has 2 aromatic rings. The molecule has 0 bridgehead atoms. The van der Waals surface area contributed by atoms with Crippen molar-refractivity contribution in [3.63, 3.8) is 0 Å². The Morgan fingerprint density at radius 2 is 1.49 bits per heavy atom. The molecule has 232 valence electrons. The van der Waals surface area contributed by atoms with Crippen molar-refractivity contribution in [2.45, 2.75) is 119 Å². The summed E-state index contributed by atoms with van der Waals surface area (Å²) in [6.07, 6.45) is 8.81. The predicted molar refractivity (Wildman–Crippen MR) is 174 cm³/mol. The van der Waals surface area contributed by atoms with Crippen molar-refractivity contribution >= 4 is 12.7 Å². The number of aliphatic hydroxyl groups excluding tert-OH is 1. The van der Waals surface area contributed by atoms with E-state index in [9.17, 15) is 14.7 Å². The van der Waals surface area contributed by atoms with Gasteiger partial charge in [0.05, 0.1) is 6.07 Å². The van der Waals surface area contributed by atoms with Crippen LogP contribution in [0.25, 0.3) is 11.1 Å². The van der Waals surface area contributed by atoms with E-state index in [0.29, 0.717) is 13.0 Å². The third kappa shape index (κ3) is 24.5. The van der Waals surface area contributed by atoms with E-state index in [-0.39, 0.29) is 12.5 Å². The molecule has 0 aromatic heterocycles. The number of nitrogens with one attached hydrogen (secondary N) is 1. The first-order valence-electron chi connectivity index (χ1n) is 15.2. The number of amides is 1. The molecule has 0 aliphatic carbocycles. The molecule has 0 aliphatic heterocycles. The van der Waals surface area contributed by atoms with Gasteiger partial charge in [0.2, 0.25) is 6.41 Å². The van der Waals surface area contributed by atoms with Crippen LogP contribution in [0.4, 0.5) is 0 Å². The third-order valence-corrected chi connectivity index (χ3v) is 5.68. The SMILES string of the molecule is CC.CCCC.CCCCCC(O)OCCC.Cc1ccc(-c2ccc(C(C)C=O)c(C)c2)cc1.N#CCNC=O. The first kappa shape index (κ1) is 42.5. The fraction of sp³-hybridized carbons (Fsp3) is 0.571. The van der Waals surface area contributed by atoms with E-state index in [1.54, 1.807) is 6.07 Å². The molecule has 2 unspecified atom stereocenters. The number of hydrogen-bond acceptors (Lipinski definition) is 5. The molecule has 2 N–H and O–H groups in total. The lowest BCUT2D eigenvalue weighted by molar-refractivity contribution is -0.109. The number of benzene rings is 2. The van der Waals surface area contributed by atoms with Crippen molar-refractivity contribution in [2.75, 3.05) is 13.2 Å². The normalized spacial score (nSPS) is 10.7. The van der Waals surface area contributed by atoms with E-state index in [4.69, 9.17) is 10.00 Å². The molecule has 2 rings (SSSR count). The molecule has 1 amide bonds. The van der Waals surface area contributed by atoms with Crippen LogP contribution >= 0.6 is 0 Å². The average Bonchev–Trinajstić information content (AvgIpc) is 3.00. The van der Waals surface area contributed by atoms with Crippen LogP contribution in [0.2, 0.25) is 0 Å². The van der Waals surface area contributed by atoms with Crippen LogP contribution in [-0.4, -0.2) is 37.2 Å². The maximum absolute atomic E-state index is 10.8. The molecule has 0 fully saturated rings. The maximum atomic E-state index is 10.8. The highest BCUT2D eigenvalue weighted by Crippen LogP contribution is 2.25. The number of rotatable bonds is 13. The summed E-state index contributed by atoms with van der Waals surface area (Å²) >= 11 is 0. The number of nitriles is 1. The first-order chi connectivity index (χ1) is 19.7. The van der Waals surface area contributed by atoms with Gasteiger partial charge in [-0.05, 0) is 55.4 Å². The smallest absolute Gasteiger partial charge is 0.207 e. The summed E-state index contributed by atoms with van der Waals surface area (Å²) in [6, 6.07) is 16.5. The van der Waals surface area contributed by atoms with Crippen molar-refractivity contribution < 1.29 is 19.4 Å². The number of unbranched alkanes of at least 4 members (excludes halogenated alkanes) is 3. The van der Waals surface area contributed by atoms with Gasteiger partial charge in [0, 0.05) is 12.5 Å².